The fraction of sp³-hybridized carbons (Fsp3) is 0.556. The number of benzene rings is 1. The van der Waals surface area contributed by atoms with Crippen LogP contribution in [0.15, 0.2) is 24.3 Å². The largest absolute Gasteiger partial charge is 0.352 e. The zero-order valence-electron chi connectivity index (χ0n) is 14.7. The van der Waals surface area contributed by atoms with Crippen molar-refractivity contribution in [2.75, 3.05) is 19.6 Å². The first-order valence-corrected chi connectivity index (χ1v) is 8.76. The Hall–Kier alpha value is -1.80. The van der Waals surface area contributed by atoms with Gasteiger partial charge in [-0.1, -0.05) is 12.1 Å². The lowest BCUT2D eigenvalue weighted by Gasteiger charge is -2.33. The fourth-order valence-corrected chi connectivity index (χ4v) is 3.41. The Morgan fingerprint density at radius 3 is 2.37 bits per heavy atom. The molecule has 2 saturated heterocycles. The standard InChI is InChI=1S/C18H22F3N3O2.ClH/c19-14-3-1-12(2-4-14)10-22-16(25)13-5-7-24(8-6-13)17(26)15-9-18(20,21)11-23-15;/h1-4,13,15,23H,5-11H2,(H,22,25);1H. The maximum Gasteiger partial charge on any atom is 0.262 e. The molecule has 0 spiro atoms. The van der Waals surface area contributed by atoms with Crippen molar-refractivity contribution in [3.05, 3.63) is 35.6 Å². The molecule has 0 radical (unpaired) electrons. The summed E-state index contributed by atoms with van der Waals surface area (Å²) in [7, 11) is 0. The van der Waals surface area contributed by atoms with Crippen molar-refractivity contribution in [1.82, 2.24) is 15.5 Å². The first-order valence-electron chi connectivity index (χ1n) is 8.76. The van der Waals surface area contributed by atoms with Gasteiger partial charge in [0.25, 0.3) is 5.92 Å². The monoisotopic (exact) mass is 405 g/mol. The Morgan fingerprint density at radius 2 is 1.81 bits per heavy atom. The van der Waals surface area contributed by atoms with E-state index in [4.69, 9.17) is 0 Å². The van der Waals surface area contributed by atoms with Gasteiger partial charge in [0.1, 0.15) is 5.82 Å². The topological polar surface area (TPSA) is 61.4 Å². The van der Waals surface area contributed by atoms with E-state index < -0.39 is 24.9 Å². The molecule has 1 atom stereocenters. The van der Waals surface area contributed by atoms with Gasteiger partial charge >= 0.3 is 0 Å². The van der Waals surface area contributed by atoms with Crippen LogP contribution in [0.3, 0.4) is 0 Å². The number of alkyl halides is 2. The molecule has 1 unspecified atom stereocenters. The molecule has 27 heavy (non-hydrogen) atoms. The minimum Gasteiger partial charge on any atom is -0.352 e. The second-order valence-corrected chi connectivity index (χ2v) is 6.94. The van der Waals surface area contributed by atoms with Crippen molar-refractivity contribution < 1.29 is 22.8 Å². The molecular weight excluding hydrogens is 383 g/mol. The van der Waals surface area contributed by atoms with Crippen LogP contribution < -0.4 is 10.6 Å². The van der Waals surface area contributed by atoms with E-state index >= 15 is 0 Å². The Labute approximate surface area is 162 Å². The van der Waals surface area contributed by atoms with Crippen molar-refractivity contribution in [2.45, 2.75) is 37.8 Å². The van der Waals surface area contributed by atoms with Crippen LogP contribution in [0.25, 0.3) is 0 Å². The second-order valence-electron chi connectivity index (χ2n) is 6.94. The van der Waals surface area contributed by atoms with Crippen molar-refractivity contribution in [3.63, 3.8) is 0 Å². The molecule has 0 bridgehead atoms. The molecule has 2 aliphatic rings. The van der Waals surface area contributed by atoms with Gasteiger partial charge in [0.2, 0.25) is 11.8 Å². The number of carbonyl (C=O) groups excluding carboxylic acids is 2. The maximum atomic E-state index is 13.2. The molecule has 2 fully saturated rings. The van der Waals surface area contributed by atoms with Crippen LogP contribution in [-0.4, -0.2) is 48.3 Å². The van der Waals surface area contributed by atoms with Crippen LogP contribution in [0.1, 0.15) is 24.8 Å². The first kappa shape index (κ1) is 21.5. The molecule has 1 aromatic rings. The number of likely N-dealkylation sites (tertiary alicyclic amines) is 1. The van der Waals surface area contributed by atoms with E-state index in [2.05, 4.69) is 10.6 Å². The zero-order chi connectivity index (χ0) is 18.7. The summed E-state index contributed by atoms with van der Waals surface area (Å²) in [6, 6.07) is 5.06. The molecule has 0 aliphatic carbocycles. The van der Waals surface area contributed by atoms with E-state index in [9.17, 15) is 22.8 Å². The fourth-order valence-electron chi connectivity index (χ4n) is 3.41. The van der Waals surface area contributed by atoms with E-state index in [1.807, 2.05) is 0 Å². The number of nitrogens with zero attached hydrogens (tertiary/aromatic N) is 1. The van der Waals surface area contributed by atoms with Gasteiger partial charge in [0.15, 0.2) is 0 Å². The van der Waals surface area contributed by atoms with E-state index in [0.717, 1.165) is 5.56 Å². The van der Waals surface area contributed by atoms with Crippen LogP contribution >= 0.6 is 12.4 Å². The summed E-state index contributed by atoms with van der Waals surface area (Å²) in [5, 5.41) is 5.39. The van der Waals surface area contributed by atoms with E-state index in [-0.39, 0.29) is 36.0 Å². The van der Waals surface area contributed by atoms with E-state index in [1.54, 1.807) is 17.0 Å². The third-order valence-electron chi connectivity index (χ3n) is 4.97. The SMILES string of the molecule is Cl.O=C(NCc1ccc(F)cc1)C1CCN(C(=O)C2CC(F)(F)CN2)CC1. The summed E-state index contributed by atoms with van der Waals surface area (Å²) >= 11 is 0. The number of amides is 2. The Balaban J connectivity index is 0.00000261. The number of hydrogen-bond acceptors (Lipinski definition) is 3. The number of carbonyl (C=O) groups is 2. The van der Waals surface area contributed by atoms with Crippen LogP contribution in [0, 0.1) is 11.7 Å². The van der Waals surface area contributed by atoms with Gasteiger partial charge < -0.3 is 10.2 Å². The Morgan fingerprint density at radius 1 is 1.19 bits per heavy atom. The van der Waals surface area contributed by atoms with Gasteiger partial charge in [-0.25, -0.2) is 13.2 Å². The predicted octanol–water partition coefficient (Wildman–Crippen LogP) is 2.10. The van der Waals surface area contributed by atoms with Crippen LogP contribution in [0.4, 0.5) is 13.2 Å². The first-order chi connectivity index (χ1) is 12.3. The van der Waals surface area contributed by atoms with Gasteiger partial charge in [0.05, 0.1) is 12.6 Å². The van der Waals surface area contributed by atoms with E-state index in [1.165, 1.54) is 12.1 Å². The highest BCUT2D eigenvalue weighted by molar-refractivity contribution is 5.85. The van der Waals surface area contributed by atoms with Crippen LogP contribution in [0.2, 0.25) is 0 Å². The summed E-state index contributed by atoms with van der Waals surface area (Å²) in [6.45, 7) is 0.624. The Bertz CT molecular complexity index is 664. The third-order valence-corrected chi connectivity index (χ3v) is 4.97. The maximum absolute atomic E-state index is 13.2. The number of nitrogens with one attached hydrogen (secondary N) is 2. The summed E-state index contributed by atoms with van der Waals surface area (Å²) in [5.74, 6) is -3.79. The molecule has 9 heteroatoms. The molecule has 2 heterocycles. The summed E-state index contributed by atoms with van der Waals surface area (Å²) in [4.78, 5) is 26.1. The lowest BCUT2D eigenvalue weighted by atomic mass is 9.95. The van der Waals surface area contributed by atoms with Gasteiger partial charge in [-0.3, -0.25) is 14.9 Å². The highest BCUT2D eigenvalue weighted by Crippen LogP contribution is 2.27. The lowest BCUT2D eigenvalue weighted by molar-refractivity contribution is -0.137. The lowest BCUT2D eigenvalue weighted by Crippen LogP contribution is -2.48. The summed E-state index contributed by atoms with van der Waals surface area (Å²) in [6.07, 6.45) is 0.540. The van der Waals surface area contributed by atoms with Gasteiger partial charge in [-0.15, -0.1) is 12.4 Å². The highest BCUT2D eigenvalue weighted by Gasteiger charge is 2.44. The minimum atomic E-state index is -2.83. The smallest absolute Gasteiger partial charge is 0.262 e. The molecule has 1 aromatic carbocycles. The van der Waals surface area contributed by atoms with Crippen LogP contribution in [0.5, 0.6) is 0 Å². The number of rotatable bonds is 4. The van der Waals surface area contributed by atoms with Crippen LogP contribution in [-0.2, 0) is 16.1 Å². The number of piperidine rings is 1. The second kappa shape index (κ2) is 8.93. The summed E-state index contributed by atoms with van der Waals surface area (Å²) < 4.78 is 39.3. The quantitative estimate of drug-likeness (QED) is 0.806. The third kappa shape index (κ3) is 5.59. The van der Waals surface area contributed by atoms with Gasteiger partial charge in [0, 0.05) is 32.0 Å². The van der Waals surface area contributed by atoms with Crippen molar-refractivity contribution in [3.8, 4) is 0 Å². The van der Waals surface area contributed by atoms with E-state index in [0.29, 0.717) is 32.5 Å². The molecule has 150 valence electrons. The normalized spacial score (nSPS) is 22.2. The molecule has 5 nitrogen and oxygen atoms in total. The average Bonchev–Trinajstić information content (AvgIpc) is 3.00. The van der Waals surface area contributed by atoms with Crippen molar-refractivity contribution in [1.29, 1.82) is 0 Å². The highest BCUT2D eigenvalue weighted by atomic mass is 35.5. The Kier molecular flexibility index (Phi) is 7.11. The molecule has 2 amide bonds. The van der Waals surface area contributed by atoms with Gasteiger partial charge in [-0.2, -0.15) is 0 Å². The van der Waals surface area contributed by atoms with Crippen molar-refractivity contribution in [2.24, 2.45) is 5.92 Å². The number of hydrogen-bond donors (Lipinski definition) is 2. The van der Waals surface area contributed by atoms with Gasteiger partial charge in [-0.05, 0) is 30.5 Å². The molecule has 2 N–H and O–H groups in total. The zero-order valence-corrected chi connectivity index (χ0v) is 15.5. The molecule has 2 aliphatic heterocycles. The number of halogens is 4. The predicted molar refractivity (Wildman–Crippen MR) is 96.2 cm³/mol. The van der Waals surface area contributed by atoms with Crippen molar-refractivity contribution >= 4 is 24.2 Å². The molecule has 0 saturated carbocycles. The molecular formula is C18H23ClF3N3O2. The summed E-state index contributed by atoms with van der Waals surface area (Å²) in [5.41, 5.74) is 0.806. The molecule has 3 rings (SSSR count). The molecule has 0 aromatic heterocycles. The minimum absolute atomic E-state index is 0. The average molecular weight is 406 g/mol.